The predicted octanol–water partition coefficient (Wildman–Crippen LogP) is 2.00. The number of nitrogens with one attached hydrogen (secondary N) is 1. The van der Waals surface area contributed by atoms with Crippen LogP contribution in [0, 0.1) is 17.7 Å². The zero-order valence-electron chi connectivity index (χ0n) is 15.3. The highest BCUT2D eigenvalue weighted by molar-refractivity contribution is 5.91. The Morgan fingerprint density at radius 2 is 1.89 bits per heavy atom. The molecule has 0 bridgehead atoms. The van der Waals surface area contributed by atoms with Crippen LogP contribution < -0.4 is 5.32 Å². The third-order valence-electron chi connectivity index (χ3n) is 6.30. The molecule has 2 fully saturated rings. The van der Waals surface area contributed by atoms with Crippen molar-refractivity contribution in [3.05, 3.63) is 47.3 Å². The maximum Gasteiger partial charge on any atom is 0.289 e. The van der Waals surface area contributed by atoms with Gasteiger partial charge in [0.25, 0.3) is 5.91 Å². The molecule has 142 valence electrons. The van der Waals surface area contributed by atoms with E-state index in [4.69, 9.17) is 0 Å². The van der Waals surface area contributed by atoms with Gasteiger partial charge in [-0.15, -0.1) is 10.2 Å². The molecule has 6 nitrogen and oxygen atoms in total. The van der Waals surface area contributed by atoms with Gasteiger partial charge >= 0.3 is 0 Å². The van der Waals surface area contributed by atoms with Gasteiger partial charge in [-0.05, 0) is 48.8 Å². The molecule has 1 N–H and O–H groups in total. The third-order valence-corrected chi connectivity index (χ3v) is 6.30. The van der Waals surface area contributed by atoms with E-state index in [2.05, 4.69) is 20.4 Å². The molecule has 0 unspecified atom stereocenters. The van der Waals surface area contributed by atoms with E-state index in [1.807, 2.05) is 16.7 Å². The summed E-state index contributed by atoms with van der Waals surface area (Å²) < 4.78 is 15.1. The summed E-state index contributed by atoms with van der Waals surface area (Å²) in [5.74, 6) is 2.16. The monoisotopic (exact) mass is 369 g/mol. The molecule has 27 heavy (non-hydrogen) atoms. The molecule has 7 heteroatoms. The van der Waals surface area contributed by atoms with Gasteiger partial charge in [0.05, 0.1) is 0 Å². The molecule has 2 aliphatic heterocycles. The highest BCUT2D eigenvalue weighted by Gasteiger charge is 2.39. The number of nitrogens with zero attached hydrogens (tertiary/aromatic N) is 4. The van der Waals surface area contributed by atoms with Crippen LogP contribution in [0.25, 0.3) is 0 Å². The van der Waals surface area contributed by atoms with Crippen molar-refractivity contribution in [2.45, 2.75) is 44.8 Å². The van der Waals surface area contributed by atoms with Gasteiger partial charge in [0.1, 0.15) is 11.6 Å². The molecule has 3 aliphatic rings. The SMILES string of the molecule is O=C(NC1CCC1)c1nnc2n1C[C@@H]1CN(Cc3ccc(F)cc3)C[C@@H]1C2. The van der Waals surface area contributed by atoms with Crippen LogP contribution in [0.3, 0.4) is 0 Å². The van der Waals surface area contributed by atoms with E-state index in [1.54, 1.807) is 0 Å². The van der Waals surface area contributed by atoms with Crippen molar-refractivity contribution in [1.82, 2.24) is 25.0 Å². The summed E-state index contributed by atoms with van der Waals surface area (Å²) >= 11 is 0. The van der Waals surface area contributed by atoms with Crippen LogP contribution in [0.1, 0.15) is 41.3 Å². The van der Waals surface area contributed by atoms with Gasteiger partial charge in [-0.25, -0.2) is 4.39 Å². The Morgan fingerprint density at radius 1 is 1.11 bits per heavy atom. The van der Waals surface area contributed by atoms with Gasteiger partial charge < -0.3 is 9.88 Å². The summed E-state index contributed by atoms with van der Waals surface area (Å²) in [7, 11) is 0. The molecule has 1 aliphatic carbocycles. The van der Waals surface area contributed by atoms with E-state index in [0.717, 1.165) is 56.8 Å². The van der Waals surface area contributed by atoms with Gasteiger partial charge in [-0.1, -0.05) is 12.1 Å². The van der Waals surface area contributed by atoms with Crippen molar-refractivity contribution in [2.24, 2.45) is 11.8 Å². The summed E-state index contributed by atoms with van der Waals surface area (Å²) in [6, 6.07) is 7.06. The van der Waals surface area contributed by atoms with E-state index in [1.165, 1.54) is 18.6 Å². The van der Waals surface area contributed by atoms with Crippen molar-refractivity contribution in [1.29, 1.82) is 0 Å². The number of rotatable bonds is 4. The molecule has 3 heterocycles. The molecule has 1 saturated heterocycles. The van der Waals surface area contributed by atoms with Crippen LogP contribution in [-0.2, 0) is 19.5 Å². The van der Waals surface area contributed by atoms with Crippen molar-refractivity contribution in [3.8, 4) is 0 Å². The lowest BCUT2D eigenvalue weighted by Crippen LogP contribution is -2.41. The second kappa shape index (κ2) is 6.71. The minimum Gasteiger partial charge on any atom is -0.347 e. The van der Waals surface area contributed by atoms with E-state index >= 15 is 0 Å². The van der Waals surface area contributed by atoms with E-state index < -0.39 is 0 Å². The van der Waals surface area contributed by atoms with Crippen LogP contribution in [0.4, 0.5) is 4.39 Å². The lowest BCUT2D eigenvalue weighted by atomic mass is 9.89. The number of amides is 1. The minimum absolute atomic E-state index is 0.0851. The van der Waals surface area contributed by atoms with E-state index in [-0.39, 0.29) is 11.7 Å². The van der Waals surface area contributed by atoms with Gasteiger partial charge in [0.15, 0.2) is 0 Å². The first kappa shape index (κ1) is 16.9. The molecule has 2 aromatic rings. The van der Waals surface area contributed by atoms with Gasteiger partial charge in [0.2, 0.25) is 5.82 Å². The zero-order chi connectivity index (χ0) is 18.4. The summed E-state index contributed by atoms with van der Waals surface area (Å²) in [6.07, 6.45) is 4.19. The Bertz CT molecular complexity index is 845. The minimum atomic E-state index is -0.195. The van der Waals surface area contributed by atoms with Crippen LogP contribution in [-0.4, -0.2) is 44.7 Å². The summed E-state index contributed by atoms with van der Waals surface area (Å²) in [5.41, 5.74) is 1.13. The molecule has 0 radical (unpaired) electrons. The lowest BCUT2D eigenvalue weighted by molar-refractivity contribution is 0.0898. The molecule has 1 amide bonds. The van der Waals surface area contributed by atoms with Crippen LogP contribution in [0.2, 0.25) is 0 Å². The van der Waals surface area contributed by atoms with Crippen molar-refractivity contribution in [2.75, 3.05) is 13.1 Å². The van der Waals surface area contributed by atoms with Gasteiger partial charge in [-0.3, -0.25) is 9.69 Å². The molecule has 1 aromatic carbocycles. The fourth-order valence-corrected chi connectivity index (χ4v) is 4.57. The second-order valence-electron chi connectivity index (χ2n) is 8.20. The second-order valence-corrected chi connectivity index (χ2v) is 8.20. The number of likely N-dealkylation sites (tertiary alicyclic amines) is 1. The molecular weight excluding hydrogens is 345 g/mol. The Hall–Kier alpha value is -2.28. The summed E-state index contributed by atoms with van der Waals surface area (Å²) in [5, 5.41) is 11.6. The number of benzene rings is 1. The van der Waals surface area contributed by atoms with Gasteiger partial charge in [0, 0.05) is 38.6 Å². The molecule has 2 atom stereocenters. The fourth-order valence-electron chi connectivity index (χ4n) is 4.57. The molecule has 1 aromatic heterocycles. The van der Waals surface area contributed by atoms with Gasteiger partial charge in [-0.2, -0.15) is 0 Å². The fraction of sp³-hybridized carbons (Fsp3) is 0.550. The number of halogens is 1. The first-order valence-electron chi connectivity index (χ1n) is 9.85. The number of aromatic nitrogens is 3. The number of carbonyl (C=O) groups excluding carboxylic acids is 1. The average molecular weight is 369 g/mol. The standard InChI is InChI=1S/C20H24FN5O/c21-16-6-4-13(5-7-16)9-25-10-14-8-18-23-24-19(26(18)12-15(14)11-25)20(27)22-17-2-1-3-17/h4-7,14-15,17H,1-3,8-12H2,(H,22,27)/t14-,15-/m0/s1. The van der Waals surface area contributed by atoms with Crippen LogP contribution in [0.15, 0.2) is 24.3 Å². The highest BCUT2D eigenvalue weighted by atomic mass is 19.1. The Kier molecular flexibility index (Phi) is 4.19. The quantitative estimate of drug-likeness (QED) is 0.896. The van der Waals surface area contributed by atoms with Crippen molar-refractivity contribution < 1.29 is 9.18 Å². The largest absolute Gasteiger partial charge is 0.347 e. The number of hydrogen-bond acceptors (Lipinski definition) is 4. The number of hydrogen-bond donors (Lipinski definition) is 1. The van der Waals surface area contributed by atoms with Crippen molar-refractivity contribution in [3.63, 3.8) is 0 Å². The zero-order valence-corrected chi connectivity index (χ0v) is 15.3. The predicted molar refractivity (Wildman–Crippen MR) is 97.5 cm³/mol. The smallest absolute Gasteiger partial charge is 0.289 e. The van der Waals surface area contributed by atoms with E-state index in [9.17, 15) is 9.18 Å². The van der Waals surface area contributed by atoms with Crippen LogP contribution in [0.5, 0.6) is 0 Å². The molecular formula is C20H24FN5O. The summed E-state index contributed by atoms with van der Waals surface area (Å²) in [4.78, 5) is 15.0. The molecule has 5 rings (SSSR count). The maximum atomic E-state index is 13.1. The first-order chi connectivity index (χ1) is 13.2. The average Bonchev–Trinajstić information content (AvgIpc) is 3.20. The first-order valence-corrected chi connectivity index (χ1v) is 9.85. The van der Waals surface area contributed by atoms with E-state index in [0.29, 0.717) is 23.7 Å². The summed E-state index contributed by atoms with van der Waals surface area (Å²) in [6.45, 7) is 3.64. The lowest BCUT2D eigenvalue weighted by Gasteiger charge is -2.28. The van der Waals surface area contributed by atoms with Crippen molar-refractivity contribution >= 4 is 5.91 Å². The Morgan fingerprint density at radius 3 is 2.63 bits per heavy atom. The normalized spacial score (nSPS) is 24.9. The number of carbonyl (C=O) groups is 1. The Balaban J connectivity index is 1.26. The maximum absolute atomic E-state index is 13.1. The highest BCUT2D eigenvalue weighted by Crippen LogP contribution is 2.33. The Labute approximate surface area is 157 Å². The number of fused-ring (bicyclic) bond motifs is 2. The molecule has 0 spiro atoms. The topological polar surface area (TPSA) is 63.1 Å². The molecule has 1 saturated carbocycles. The van der Waals surface area contributed by atoms with Crippen LogP contribution >= 0.6 is 0 Å². The third kappa shape index (κ3) is 3.25.